The van der Waals surface area contributed by atoms with E-state index in [-0.39, 0.29) is 0 Å². The third-order valence-electron chi connectivity index (χ3n) is 2.80. The smallest absolute Gasteiger partial charge is 0.245 e. The van der Waals surface area contributed by atoms with Gasteiger partial charge in [0.2, 0.25) is 5.91 Å². The van der Waals surface area contributed by atoms with E-state index < -0.39 is 11.9 Å². The Morgan fingerprint density at radius 1 is 1.25 bits per heavy atom. The van der Waals surface area contributed by atoms with Gasteiger partial charge in [-0.25, -0.2) is 0 Å². The Kier molecular flexibility index (Phi) is 4.36. The summed E-state index contributed by atoms with van der Waals surface area (Å²) >= 11 is 5.86. The van der Waals surface area contributed by atoms with E-state index in [9.17, 15) is 4.79 Å². The molecule has 1 amide bonds. The highest BCUT2D eigenvalue weighted by Gasteiger charge is 2.17. The summed E-state index contributed by atoms with van der Waals surface area (Å²) in [5, 5.41) is 12.1. The van der Waals surface area contributed by atoms with Gasteiger partial charge in [-0.15, -0.1) is 0 Å². The molecule has 0 aromatic heterocycles. The fourth-order valence-corrected chi connectivity index (χ4v) is 1.91. The summed E-state index contributed by atoms with van der Waals surface area (Å²) < 4.78 is 0. The first-order chi connectivity index (χ1) is 9.61. The van der Waals surface area contributed by atoms with E-state index in [2.05, 4.69) is 5.32 Å². The van der Waals surface area contributed by atoms with E-state index >= 15 is 0 Å². The second kappa shape index (κ2) is 6.20. The molecule has 2 rings (SSSR count). The van der Waals surface area contributed by atoms with Gasteiger partial charge in [-0.05, 0) is 23.8 Å². The third-order valence-corrected chi connectivity index (χ3v) is 3.04. The predicted molar refractivity (Wildman–Crippen MR) is 78.2 cm³/mol. The first-order valence-corrected chi connectivity index (χ1v) is 6.30. The average molecular weight is 286 g/mol. The molecule has 0 bridgehead atoms. The maximum Gasteiger partial charge on any atom is 0.245 e. The van der Waals surface area contributed by atoms with Crippen molar-refractivity contribution in [2.24, 2.45) is 5.73 Å². The third kappa shape index (κ3) is 3.15. The van der Waals surface area contributed by atoms with E-state index in [0.29, 0.717) is 21.8 Å². The van der Waals surface area contributed by atoms with Crippen LogP contribution in [0, 0.1) is 11.3 Å². The van der Waals surface area contributed by atoms with Crippen LogP contribution in [0.2, 0.25) is 5.02 Å². The Labute approximate surface area is 121 Å². The van der Waals surface area contributed by atoms with Crippen LogP contribution in [0.15, 0.2) is 48.5 Å². The van der Waals surface area contributed by atoms with Gasteiger partial charge in [0, 0.05) is 5.02 Å². The number of anilines is 1. The van der Waals surface area contributed by atoms with Crippen LogP contribution in [0.1, 0.15) is 17.2 Å². The molecule has 0 aliphatic carbocycles. The van der Waals surface area contributed by atoms with Crippen molar-refractivity contribution in [2.45, 2.75) is 6.04 Å². The second-order valence-corrected chi connectivity index (χ2v) is 4.62. The normalized spacial score (nSPS) is 11.4. The largest absolute Gasteiger partial charge is 0.323 e. The number of amides is 1. The monoisotopic (exact) mass is 285 g/mol. The highest BCUT2D eigenvalue weighted by molar-refractivity contribution is 6.31. The zero-order valence-electron chi connectivity index (χ0n) is 10.5. The summed E-state index contributed by atoms with van der Waals surface area (Å²) in [5.74, 6) is -0.394. The quantitative estimate of drug-likeness (QED) is 0.910. The highest BCUT2D eigenvalue weighted by Crippen LogP contribution is 2.21. The number of nitrogens with zero attached hydrogens (tertiary/aromatic N) is 1. The maximum absolute atomic E-state index is 12.1. The number of hydrogen-bond acceptors (Lipinski definition) is 3. The second-order valence-electron chi connectivity index (χ2n) is 4.18. The van der Waals surface area contributed by atoms with Crippen molar-refractivity contribution in [2.75, 3.05) is 5.32 Å². The summed E-state index contributed by atoms with van der Waals surface area (Å²) in [6.45, 7) is 0. The van der Waals surface area contributed by atoms with Crippen LogP contribution in [0.5, 0.6) is 0 Å². The van der Waals surface area contributed by atoms with E-state index in [1.807, 2.05) is 24.3 Å². The lowest BCUT2D eigenvalue weighted by atomic mass is 10.1. The lowest BCUT2D eigenvalue weighted by molar-refractivity contribution is -0.117. The molecular weight excluding hydrogens is 274 g/mol. The van der Waals surface area contributed by atoms with E-state index in [1.54, 1.807) is 24.3 Å². The highest BCUT2D eigenvalue weighted by atomic mass is 35.5. The molecular formula is C15H12ClN3O. The number of benzene rings is 2. The number of nitrogens with one attached hydrogen (secondary N) is 1. The van der Waals surface area contributed by atoms with Crippen molar-refractivity contribution < 1.29 is 4.79 Å². The van der Waals surface area contributed by atoms with Crippen molar-refractivity contribution in [1.29, 1.82) is 5.26 Å². The molecule has 5 heteroatoms. The summed E-state index contributed by atoms with van der Waals surface area (Å²) in [5.41, 5.74) is 7.28. The van der Waals surface area contributed by atoms with Crippen LogP contribution in [-0.4, -0.2) is 5.91 Å². The number of rotatable bonds is 3. The zero-order chi connectivity index (χ0) is 14.5. The van der Waals surface area contributed by atoms with Gasteiger partial charge in [-0.1, -0.05) is 41.9 Å². The Bertz CT molecular complexity index is 665. The first-order valence-electron chi connectivity index (χ1n) is 5.93. The van der Waals surface area contributed by atoms with Gasteiger partial charge in [0.15, 0.2) is 0 Å². The Balaban J connectivity index is 2.20. The van der Waals surface area contributed by atoms with Crippen LogP contribution >= 0.6 is 11.6 Å². The number of halogens is 1. The molecule has 100 valence electrons. The first kappa shape index (κ1) is 14.1. The van der Waals surface area contributed by atoms with Crippen LogP contribution in [0.4, 0.5) is 5.69 Å². The molecule has 0 aliphatic heterocycles. The molecule has 0 saturated carbocycles. The fourth-order valence-electron chi connectivity index (χ4n) is 1.74. The summed E-state index contributed by atoms with van der Waals surface area (Å²) in [6, 6.07) is 14.9. The molecule has 0 fully saturated rings. The van der Waals surface area contributed by atoms with E-state index in [4.69, 9.17) is 22.6 Å². The number of nitriles is 1. The lowest BCUT2D eigenvalue weighted by Gasteiger charge is -2.13. The Hall–Kier alpha value is -2.35. The van der Waals surface area contributed by atoms with Gasteiger partial charge in [0.25, 0.3) is 0 Å². The van der Waals surface area contributed by atoms with Crippen molar-refractivity contribution in [3.05, 3.63) is 64.7 Å². The molecule has 0 radical (unpaired) electrons. The van der Waals surface area contributed by atoms with Crippen molar-refractivity contribution in [3.8, 4) is 6.07 Å². The molecule has 20 heavy (non-hydrogen) atoms. The van der Waals surface area contributed by atoms with E-state index in [0.717, 1.165) is 0 Å². The van der Waals surface area contributed by atoms with Gasteiger partial charge in [0.1, 0.15) is 12.1 Å². The molecule has 4 nitrogen and oxygen atoms in total. The minimum Gasteiger partial charge on any atom is -0.323 e. The average Bonchev–Trinajstić information content (AvgIpc) is 2.47. The number of nitrogens with two attached hydrogens (primary N) is 1. The van der Waals surface area contributed by atoms with Crippen LogP contribution in [0.25, 0.3) is 0 Å². The molecule has 2 aromatic rings. The summed E-state index contributed by atoms with van der Waals surface area (Å²) in [7, 11) is 0. The van der Waals surface area contributed by atoms with Crippen molar-refractivity contribution in [1.82, 2.24) is 0 Å². The van der Waals surface area contributed by atoms with Crippen LogP contribution in [-0.2, 0) is 4.79 Å². The molecule has 1 unspecified atom stereocenters. The van der Waals surface area contributed by atoms with E-state index in [1.165, 1.54) is 6.07 Å². The SMILES string of the molecule is N#Cc1ccc(Cl)cc1NC(=O)C(N)c1ccccc1. The van der Waals surface area contributed by atoms with Crippen LogP contribution in [0.3, 0.4) is 0 Å². The molecule has 1 atom stereocenters. The minimum absolute atomic E-state index is 0.336. The van der Waals surface area contributed by atoms with Crippen LogP contribution < -0.4 is 11.1 Å². The van der Waals surface area contributed by atoms with Gasteiger partial charge >= 0.3 is 0 Å². The van der Waals surface area contributed by atoms with Gasteiger partial charge in [0.05, 0.1) is 11.3 Å². The molecule has 0 spiro atoms. The summed E-state index contributed by atoms with van der Waals surface area (Å²) in [6.07, 6.45) is 0. The van der Waals surface area contributed by atoms with Crippen molar-refractivity contribution >= 4 is 23.2 Å². The Morgan fingerprint density at radius 2 is 1.95 bits per heavy atom. The molecule has 0 aliphatic rings. The molecule has 2 aromatic carbocycles. The summed E-state index contributed by atoms with van der Waals surface area (Å²) in [4.78, 5) is 12.1. The topological polar surface area (TPSA) is 78.9 Å². The molecule has 3 N–H and O–H groups in total. The Morgan fingerprint density at radius 3 is 2.60 bits per heavy atom. The maximum atomic E-state index is 12.1. The van der Waals surface area contributed by atoms with Gasteiger partial charge in [-0.3, -0.25) is 4.79 Å². The van der Waals surface area contributed by atoms with Crippen molar-refractivity contribution in [3.63, 3.8) is 0 Å². The van der Waals surface area contributed by atoms with Gasteiger partial charge < -0.3 is 11.1 Å². The predicted octanol–water partition coefficient (Wildman–Crippen LogP) is 2.85. The zero-order valence-corrected chi connectivity index (χ0v) is 11.3. The number of carbonyl (C=O) groups is 1. The standard InChI is InChI=1S/C15H12ClN3O/c16-12-7-6-11(9-17)13(8-12)19-15(20)14(18)10-4-2-1-3-5-10/h1-8,14H,18H2,(H,19,20). The van der Waals surface area contributed by atoms with Gasteiger partial charge in [-0.2, -0.15) is 5.26 Å². The number of hydrogen-bond donors (Lipinski definition) is 2. The fraction of sp³-hybridized carbons (Fsp3) is 0.0667. The minimum atomic E-state index is -0.804. The number of carbonyl (C=O) groups excluding carboxylic acids is 1. The molecule has 0 saturated heterocycles. The molecule has 0 heterocycles. The lowest BCUT2D eigenvalue weighted by Crippen LogP contribution is -2.28.